The molecule has 1 aliphatic heterocycles. The Balaban J connectivity index is 1.84. The van der Waals surface area contributed by atoms with Gasteiger partial charge < -0.3 is 15.5 Å². The van der Waals surface area contributed by atoms with Crippen molar-refractivity contribution in [1.29, 1.82) is 0 Å². The van der Waals surface area contributed by atoms with Crippen molar-refractivity contribution in [1.82, 2.24) is 15.5 Å². The molecule has 1 aromatic carbocycles. The van der Waals surface area contributed by atoms with Crippen LogP contribution in [0.3, 0.4) is 0 Å². The van der Waals surface area contributed by atoms with Gasteiger partial charge in [0.15, 0.2) is 0 Å². The van der Waals surface area contributed by atoms with Gasteiger partial charge in [-0.2, -0.15) is 0 Å². The first-order valence-corrected chi connectivity index (χ1v) is 9.73. The van der Waals surface area contributed by atoms with Crippen molar-refractivity contribution in [2.75, 3.05) is 50.2 Å². The molecule has 9 heteroatoms. The van der Waals surface area contributed by atoms with Crippen molar-refractivity contribution in [2.45, 2.75) is 6.42 Å². The molecule has 1 aromatic rings. The maximum Gasteiger partial charge on any atom is 0.251 e. The zero-order valence-corrected chi connectivity index (χ0v) is 14.5. The van der Waals surface area contributed by atoms with E-state index < -0.39 is 15.8 Å². The van der Waals surface area contributed by atoms with E-state index in [-0.39, 0.29) is 17.2 Å². The minimum absolute atomic E-state index is 0.213. The number of sulfonamides is 1. The van der Waals surface area contributed by atoms with Gasteiger partial charge in [-0.15, -0.1) is 0 Å². The number of piperazine rings is 1. The summed E-state index contributed by atoms with van der Waals surface area (Å²) in [4.78, 5) is 14.4. The van der Waals surface area contributed by atoms with Gasteiger partial charge in [-0.3, -0.25) is 9.52 Å². The van der Waals surface area contributed by atoms with Gasteiger partial charge in [-0.1, -0.05) is 0 Å². The predicted molar refractivity (Wildman–Crippen MR) is 91.1 cm³/mol. The monoisotopic (exact) mass is 358 g/mol. The number of rotatable bonds is 7. The summed E-state index contributed by atoms with van der Waals surface area (Å²) >= 11 is 0. The number of benzene rings is 1. The zero-order chi connectivity index (χ0) is 17.6. The number of carbonyl (C=O) groups excluding carboxylic acids is 1. The molecule has 3 N–H and O–H groups in total. The average molecular weight is 358 g/mol. The lowest BCUT2D eigenvalue weighted by molar-refractivity contribution is 0.0951. The first kappa shape index (κ1) is 18.6. The molecule has 0 aliphatic carbocycles. The standard InChI is InChI=1S/C15H23FN4O3S/c1-24(22,23)19-14-11-12(3-4-13(14)16)15(21)18-5-2-8-20-9-6-17-7-10-20/h3-4,11,17,19H,2,5-10H2,1H3,(H,18,21). The van der Waals surface area contributed by atoms with Gasteiger partial charge in [0.2, 0.25) is 10.0 Å². The number of amides is 1. The van der Waals surface area contributed by atoms with Crippen LogP contribution in [0.4, 0.5) is 10.1 Å². The first-order chi connectivity index (χ1) is 11.3. The predicted octanol–water partition coefficient (Wildman–Crippen LogP) is 0.222. The molecule has 0 spiro atoms. The molecule has 1 heterocycles. The van der Waals surface area contributed by atoms with Crippen molar-refractivity contribution in [3.05, 3.63) is 29.6 Å². The molecule has 7 nitrogen and oxygen atoms in total. The van der Waals surface area contributed by atoms with Crippen LogP contribution in [0.25, 0.3) is 0 Å². The highest BCUT2D eigenvalue weighted by Crippen LogP contribution is 2.17. The Kier molecular flexibility index (Phi) is 6.52. The van der Waals surface area contributed by atoms with Gasteiger partial charge >= 0.3 is 0 Å². The van der Waals surface area contributed by atoms with Gasteiger partial charge in [0.05, 0.1) is 11.9 Å². The molecular weight excluding hydrogens is 335 g/mol. The Morgan fingerprint density at radius 2 is 2.04 bits per heavy atom. The molecule has 24 heavy (non-hydrogen) atoms. The second kappa shape index (κ2) is 8.41. The quantitative estimate of drug-likeness (QED) is 0.607. The van der Waals surface area contributed by atoms with Crippen LogP contribution in [-0.4, -0.2) is 64.7 Å². The van der Waals surface area contributed by atoms with E-state index in [9.17, 15) is 17.6 Å². The number of nitrogens with zero attached hydrogens (tertiary/aromatic N) is 1. The maximum absolute atomic E-state index is 13.6. The SMILES string of the molecule is CS(=O)(=O)Nc1cc(C(=O)NCCCN2CCNCC2)ccc1F. The number of carbonyl (C=O) groups is 1. The molecule has 0 unspecified atom stereocenters. The molecule has 0 atom stereocenters. The zero-order valence-electron chi connectivity index (χ0n) is 13.6. The highest BCUT2D eigenvalue weighted by atomic mass is 32.2. The molecule has 1 saturated heterocycles. The van der Waals surface area contributed by atoms with Crippen LogP contribution in [0.1, 0.15) is 16.8 Å². The van der Waals surface area contributed by atoms with E-state index in [0.717, 1.165) is 51.5 Å². The molecule has 1 fully saturated rings. The number of nitrogens with one attached hydrogen (secondary N) is 3. The van der Waals surface area contributed by atoms with E-state index in [1.807, 2.05) is 0 Å². The summed E-state index contributed by atoms with van der Waals surface area (Å²) in [6, 6.07) is 3.60. The summed E-state index contributed by atoms with van der Waals surface area (Å²) in [5.41, 5.74) is -0.0179. The summed E-state index contributed by atoms with van der Waals surface area (Å²) in [5.74, 6) is -1.08. The largest absolute Gasteiger partial charge is 0.352 e. The van der Waals surface area contributed by atoms with Crippen molar-refractivity contribution in [2.24, 2.45) is 0 Å². The van der Waals surface area contributed by atoms with E-state index in [4.69, 9.17) is 0 Å². The molecule has 0 radical (unpaired) electrons. The highest BCUT2D eigenvalue weighted by Gasteiger charge is 2.13. The fraction of sp³-hybridized carbons (Fsp3) is 0.533. The minimum atomic E-state index is -3.61. The third-order valence-corrected chi connectivity index (χ3v) is 4.26. The van der Waals surface area contributed by atoms with Crippen molar-refractivity contribution < 1.29 is 17.6 Å². The lowest BCUT2D eigenvalue weighted by Gasteiger charge is -2.27. The van der Waals surface area contributed by atoms with E-state index >= 15 is 0 Å². The van der Waals surface area contributed by atoms with Gasteiger partial charge in [-0.05, 0) is 31.2 Å². The molecule has 0 bridgehead atoms. The topological polar surface area (TPSA) is 90.5 Å². The fourth-order valence-electron chi connectivity index (χ4n) is 2.49. The Morgan fingerprint density at radius 3 is 2.71 bits per heavy atom. The Labute approximate surface area is 141 Å². The molecule has 0 aromatic heterocycles. The van der Waals surface area contributed by atoms with Crippen molar-refractivity contribution in [3.8, 4) is 0 Å². The van der Waals surface area contributed by atoms with Crippen LogP contribution in [0.5, 0.6) is 0 Å². The van der Waals surface area contributed by atoms with Gasteiger partial charge in [0.25, 0.3) is 5.91 Å². The van der Waals surface area contributed by atoms with Crippen LogP contribution in [-0.2, 0) is 10.0 Å². The summed E-state index contributed by atoms with van der Waals surface area (Å²) < 4.78 is 38.1. The Morgan fingerprint density at radius 1 is 1.33 bits per heavy atom. The minimum Gasteiger partial charge on any atom is -0.352 e. The van der Waals surface area contributed by atoms with Crippen LogP contribution in [0.15, 0.2) is 18.2 Å². The molecular formula is C15H23FN4O3S. The molecule has 0 saturated carbocycles. The number of halogens is 1. The van der Waals surface area contributed by atoms with E-state index in [2.05, 4.69) is 20.3 Å². The third kappa shape index (κ3) is 6.06. The van der Waals surface area contributed by atoms with Crippen LogP contribution in [0.2, 0.25) is 0 Å². The molecule has 2 rings (SSSR count). The van der Waals surface area contributed by atoms with Crippen LogP contribution in [0, 0.1) is 5.82 Å². The lowest BCUT2D eigenvalue weighted by Crippen LogP contribution is -2.44. The van der Waals surface area contributed by atoms with Crippen molar-refractivity contribution in [3.63, 3.8) is 0 Å². The number of hydrogen-bond donors (Lipinski definition) is 3. The second-order valence-electron chi connectivity index (χ2n) is 5.77. The maximum atomic E-state index is 13.6. The molecule has 1 amide bonds. The Bertz CT molecular complexity index is 675. The summed E-state index contributed by atoms with van der Waals surface area (Å²) in [6.45, 7) is 5.40. The van der Waals surface area contributed by atoms with Crippen LogP contribution < -0.4 is 15.4 Å². The number of hydrogen-bond acceptors (Lipinski definition) is 5. The lowest BCUT2D eigenvalue weighted by atomic mass is 10.2. The molecule has 134 valence electrons. The summed E-state index contributed by atoms with van der Waals surface area (Å²) in [6.07, 6.45) is 1.75. The molecule has 1 aliphatic rings. The van der Waals surface area contributed by atoms with E-state index in [1.165, 1.54) is 12.1 Å². The van der Waals surface area contributed by atoms with Gasteiger partial charge in [-0.25, -0.2) is 12.8 Å². The first-order valence-electron chi connectivity index (χ1n) is 7.84. The third-order valence-electron chi connectivity index (χ3n) is 3.67. The Hall–Kier alpha value is -1.71. The van der Waals surface area contributed by atoms with Gasteiger partial charge in [0.1, 0.15) is 5.82 Å². The van der Waals surface area contributed by atoms with E-state index in [1.54, 1.807) is 0 Å². The number of anilines is 1. The van der Waals surface area contributed by atoms with Crippen molar-refractivity contribution >= 4 is 21.6 Å². The van der Waals surface area contributed by atoms with Gasteiger partial charge in [0, 0.05) is 38.3 Å². The fourth-order valence-corrected chi connectivity index (χ4v) is 3.04. The van der Waals surface area contributed by atoms with Crippen LogP contribution >= 0.6 is 0 Å². The highest BCUT2D eigenvalue weighted by molar-refractivity contribution is 7.92. The second-order valence-corrected chi connectivity index (χ2v) is 7.52. The summed E-state index contributed by atoms with van der Waals surface area (Å²) in [7, 11) is -3.61. The summed E-state index contributed by atoms with van der Waals surface area (Å²) in [5, 5.41) is 6.05. The van der Waals surface area contributed by atoms with E-state index in [0.29, 0.717) is 6.54 Å². The normalized spacial score (nSPS) is 15.9. The average Bonchev–Trinajstić information content (AvgIpc) is 2.53. The smallest absolute Gasteiger partial charge is 0.251 e.